The van der Waals surface area contributed by atoms with E-state index in [2.05, 4.69) is 27.7 Å². The van der Waals surface area contributed by atoms with Gasteiger partial charge in [0.1, 0.15) is 17.8 Å². The van der Waals surface area contributed by atoms with Gasteiger partial charge in [0.15, 0.2) is 0 Å². The van der Waals surface area contributed by atoms with Gasteiger partial charge in [0, 0.05) is 32.3 Å². The Kier molecular flexibility index (Phi) is 10.2. The number of primary amides is 1. The first-order valence-electron chi connectivity index (χ1n) is 15.6. The Balaban J connectivity index is 0.000000282. The van der Waals surface area contributed by atoms with Gasteiger partial charge in [-0.05, 0) is 69.5 Å². The fourth-order valence-electron chi connectivity index (χ4n) is 6.96. The van der Waals surface area contributed by atoms with Crippen LogP contribution in [0.15, 0.2) is 24.3 Å². The van der Waals surface area contributed by atoms with Crippen molar-refractivity contribution in [2.75, 3.05) is 39.4 Å². The van der Waals surface area contributed by atoms with Crippen molar-refractivity contribution >= 4 is 17.7 Å². The van der Waals surface area contributed by atoms with E-state index in [-0.39, 0.29) is 35.9 Å². The van der Waals surface area contributed by atoms with Crippen LogP contribution in [0.25, 0.3) is 0 Å². The second-order valence-electron chi connectivity index (χ2n) is 12.1. The highest BCUT2D eigenvalue weighted by molar-refractivity contribution is 5.93. The minimum Gasteiger partial charge on any atom is -0.493 e. The van der Waals surface area contributed by atoms with Gasteiger partial charge in [-0.15, -0.1) is 0 Å². The molecule has 4 heterocycles. The summed E-state index contributed by atoms with van der Waals surface area (Å²) < 4.78 is 11.2. The van der Waals surface area contributed by atoms with Crippen molar-refractivity contribution in [1.29, 1.82) is 0 Å². The minimum atomic E-state index is -0.672. The fraction of sp³-hybridized carbons (Fsp3) is 0.710. The van der Waals surface area contributed by atoms with Gasteiger partial charge in [0.25, 0.3) is 0 Å². The average Bonchev–Trinajstić information content (AvgIpc) is 3.36. The maximum absolute atomic E-state index is 13.8. The van der Waals surface area contributed by atoms with Crippen LogP contribution in [0.4, 0.5) is 0 Å². The highest BCUT2D eigenvalue weighted by atomic mass is 16.5. The highest BCUT2D eigenvalue weighted by Crippen LogP contribution is 2.31. The van der Waals surface area contributed by atoms with E-state index in [9.17, 15) is 14.4 Å². The smallest absolute Gasteiger partial charge is 0.246 e. The summed E-state index contributed by atoms with van der Waals surface area (Å²) in [4.78, 5) is 42.7. The molecule has 41 heavy (non-hydrogen) atoms. The van der Waals surface area contributed by atoms with E-state index in [1.54, 1.807) is 4.90 Å². The molecule has 1 saturated carbocycles. The lowest BCUT2D eigenvalue weighted by Gasteiger charge is -2.44. The molecule has 0 spiro atoms. The third-order valence-electron chi connectivity index (χ3n) is 9.34. The molecule has 4 unspecified atom stereocenters. The van der Waals surface area contributed by atoms with Gasteiger partial charge in [0.2, 0.25) is 17.7 Å². The Labute approximate surface area is 243 Å². The van der Waals surface area contributed by atoms with Crippen LogP contribution in [0.1, 0.15) is 63.9 Å². The molecule has 3 saturated heterocycles. The largest absolute Gasteiger partial charge is 0.493 e. The van der Waals surface area contributed by atoms with Crippen molar-refractivity contribution in [3.8, 4) is 5.75 Å². The number of aryl methyl sites for hydroxylation is 1. The molecule has 1 aliphatic carbocycles. The molecule has 0 aromatic heterocycles. The second kappa shape index (κ2) is 14.0. The first-order chi connectivity index (χ1) is 19.9. The lowest BCUT2D eigenvalue weighted by molar-refractivity contribution is -0.148. The van der Waals surface area contributed by atoms with Gasteiger partial charge < -0.3 is 30.7 Å². The molecule has 4 aliphatic heterocycles. The number of hydrogen-bond acceptors (Lipinski definition) is 7. The Morgan fingerprint density at radius 1 is 1.10 bits per heavy atom. The minimum absolute atomic E-state index is 0.108. The summed E-state index contributed by atoms with van der Waals surface area (Å²) in [5, 5.41) is 6.17. The number of benzene rings is 1. The summed E-state index contributed by atoms with van der Waals surface area (Å²) in [6, 6.07) is 6.93. The number of rotatable bonds is 7. The van der Waals surface area contributed by atoms with Crippen molar-refractivity contribution in [2.45, 2.75) is 95.0 Å². The molecule has 5 aliphatic rings. The third kappa shape index (κ3) is 7.21. The number of amides is 3. The number of para-hydroxylation sites is 1. The van der Waals surface area contributed by atoms with E-state index in [1.807, 2.05) is 19.1 Å². The van der Waals surface area contributed by atoms with Crippen LogP contribution in [0, 0.1) is 5.92 Å². The third-order valence-corrected chi connectivity index (χ3v) is 9.34. The average molecular weight is 570 g/mol. The molecule has 5 atom stereocenters. The van der Waals surface area contributed by atoms with E-state index in [0.717, 1.165) is 70.4 Å². The Morgan fingerprint density at radius 2 is 1.88 bits per heavy atom. The lowest BCUT2D eigenvalue weighted by Crippen LogP contribution is -2.66. The molecule has 4 N–H and O–H groups in total. The number of nitrogens with two attached hydrogens (primary N) is 1. The normalized spacial score (nSPS) is 28.6. The molecule has 1 aromatic carbocycles. The van der Waals surface area contributed by atoms with Crippen LogP contribution in [0.2, 0.25) is 0 Å². The fourth-order valence-corrected chi connectivity index (χ4v) is 6.96. The Hall–Kier alpha value is -2.69. The van der Waals surface area contributed by atoms with Gasteiger partial charge >= 0.3 is 0 Å². The molecule has 0 bridgehead atoms. The van der Waals surface area contributed by atoms with Crippen LogP contribution >= 0.6 is 0 Å². The molecule has 1 aromatic rings. The van der Waals surface area contributed by atoms with Crippen LogP contribution in [-0.2, 0) is 25.5 Å². The Morgan fingerprint density at radius 3 is 2.56 bits per heavy atom. The van der Waals surface area contributed by atoms with Gasteiger partial charge in [0.05, 0.1) is 18.8 Å². The lowest BCUT2D eigenvalue weighted by atomic mass is 9.82. The number of nitrogens with one attached hydrogen (secondary N) is 2. The number of piperazine rings is 1. The number of hydrogen-bond donors (Lipinski definition) is 3. The number of carbonyl (C=O) groups excluding carboxylic acids is 3. The van der Waals surface area contributed by atoms with Crippen molar-refractivity contribution in [3.63, 3.8) is 0 Å². The van der Waals surface area contributed by atoms with E-state index < -0.39 is 18.0 Å². The number of carbonyl (C=O) groups is 3. The Bertz CT molecular complexity index is 1030. The van der Waals surface area contributed by atoms with E-state index >= 15 is 0 Å². The molecule has 226 valence electrons. The molecule has 4 fully saturated rings. The summed E-state index contributed by atoms with van der Waals surface area (Å²) in [5.41, 5.74) is 7.10. The first-order valence-corrected chi connectivity index (χ1v) is 15.6. The zero-order valence-corrected chi connectivity index (χ0v) is 24.4. The standard InChI is InChI=1S/C22H37N5O4.C9H10O/c1-2-31-16-10-15-11-27(18(20(23)28)13-26(15)12-16)22(30)19(14-6-4-3-5-7-14)25-21(29)17-8-9-24-17;1-2-6-9-8(4-1)5-3-7-10-9/h14-19,24H,2-13H2,1H3,(H2,23,28)(H,25,29);1-2,4,6H,3,5,7H2/t15?,16?,17-,18?,19?;/m0./s1. The van der Waals surface area contributed by atoms with E-state index in [1.165, 1.54) is 18.4 Å². The summed E-state index contributed by atoms with van der Waals surface area (Å²) in [6.07, 6.45) is 9.24. The summed E-state index contributed by atoms with van der Waals surface area (Å²) in [6.45, 7) is 6.00. The van der Waals surface area contributed by atoms with E-state index in [4.69, 9.17) is 15.2 Å². The summed E-state index contributed by atoms with van der Waals surface area (Å²) >= 11 is 0. The molecule has 6 rings (SSSR count). The predicted molar refractivity (Wildman–Crippen MR) is 155 cm³/mol. The summed E-state index contributed by atoms with van der Waals surface area (Å²) in [7, 11) is 0. The zero-order valence-electron chi connectivity index (χ0n) is 24.4. The van der Waals surface area contributed by atoms with E-state index in [0.29, 0.717) is 19.7 Å². The number of nitrogens with zero attached hydrogens (tertiary/aromatic N) is 2. The van der Waals surface area contributed by atoms with Crippen molar-refractivity contribution in [2.24, 2.45) is 11.7 Å². The van der Waals surface area contributed by atoms with Crippen molar-refractivity contribution < 1.29 is 23.9 Å². The maximum atomic E-state index is 13.8. The van der Waals surface area contributed by atoms with Crippen LogP contribution in [0.5, 0.6) is 5.75 Å². The zero-order chi connectivity index (χ0) is 28.8. The number of ether oxygens (including phenoxy) is 2. The van der Waals surface area contributed by atoms with Gasteiger partial charge in [-0.25, -0.2) is 0 Å². The maximum Gasteiger partial charge on any atom is 0.246 e. The molecule has 10 nitrogen and oxygen atoms in total. The first kappa shape index (κ1) is 29.8. The molecule has 10 heteroatoms. The quantitative estimate of drug-likeness (QED) is 0.455. The molecular formula is C31H47N5O5. The topological polar surface area (TPSA) is 126 Å². The predicted octanol–water partition coefficient (Wildman–Crippen LogP) is 1.60. The number of fused-ring (bicyclic) bond motifs is 2. The van der Waals surface area contributed by atoms with Crippen LogP contribution in [0.3, 0.4) is 0 Å². The molecule has 0 radical (unpaired) electrons. The second-order valence-corrected chi connectivity index (χ2v) is 12.1. The SMILES string of the molecule is CCOC1CC2CN(C(=O)C(NC(=O)[C@@H]3CCN3)C3CCCCC3)C(C(N)=O)CN2C1.c1ccc2c(c1)CCCO2. The van der Waals surface area contributed by atoms with Gasteiger partial charge in [-0.1, -0.05) is 37.5 Å². The molecule has 3 amide bonds. The van der Waals surface area contributed by atoms with Gasteiger partial charge in [-0.3, -0.25) is 19.3 Å². The van der Waals surface area contributed by atoms with Gasteiger partial charge in [-0.2, -0.15) is 0 Å². The monoisotopic (exact) mass is 569 g/mol. The van der Waals surface area contributed by atoms with Crippen molar-refractivity contribution in [1.82, 2.24) is 20.4 Å². The summed E-state index contributed by atoms with van der Waals surface area (Å²) in [5.74, 6) is 0.441. The molecular weight excluding hydrogens is 522 g/mol. The van der Waals surface area contributed by atoms with Crippen LogP contribution in [-0.4, -0.2) is 97.2 Å². The van der Waals surface area contributed by atoms with Crippen LogP contribution < -0.4 is 21.1 Å². The highest BCUT2D eigenvalue weighted by Gasteiger charge is 2.46. The van der Waals surface area contributed by atoms with Crippen molar-refractivity contribution in [3.05, 3.63) is 29.8 Å².